The summed E-state index contributed by atoms with van der Waals surface area (Å²) in [7, 11) is -1.92. The van der Waals surface area contributed by atoms with Crippen molar-refractivity contribution < 1.29 is 18.8 Å². The second-order valence-corrected chi connectivity index (χ2v) is 17.7. The Kier molecular flexibility index (Phi) is 6.10. The van der Waals surface area contributed by atoms with E-state index in [2.05, 4.69) is 40.8 Å². The Morgan fingerprint density at radius 1 is 1.06 bits per heavy atom. The van der Waals surface area contributed by atoms with E-state index in [0.717, 1.165) is 70.2 Å². The first-order valence-electron chi connectivity index (χ1n) is 12.9. The van der Waals surface area contributed by atoms with Gasteiger partial charge in [-0.3, -0.25) is 9.59 Å². The zero-order chi connectivity index (χ0) is 23.5. The van der Waals surface area contributed by atoms with Crippen LogP contribution in [0, 0.1) is 28.6 Å². The lowest BCUT2D eigenvalue weighted by Crippen LogP contribution is -2.55. The predicted octanol–water partition coefficient (Wildman–Crippen LogP) is 6.80. The molecular weight excluding hydrogens is 416 g/mol. The first-order chi connectivity index (χ1) is 14.8. The number of fused-ring (bicyclic) bond motifs is 5. The summed E-state index contributed by atoms with van der Waals surface area (Å²) in [6.45, 7) is 16.1. The van der Waals surface area contributed by atoms with Crippen molar-refractivity contribution in [1.82, 2.24) is 0 Å². The Morgan fingerprint density at radius 3 is 2.44 bits per heavy atom. The van der Waals surface area contributed by atoms with Crippen LogP contribution in [-0.2, 0) is 18.8 Å². The maximum absolute atomic E-state index is 12.8. The minimum Gasteiger partial charge on any atom is -0.431 e. The van der Waals surface area contributed by atoms with Crippen LogP contribution >= 0.6 is 0 Å². The van der Waals surface area contributed by atoms with E-state index in [4.69, 9.17) is 9.16 Å². The van der Waals surface area contributed by atoms with E-state index >= 15 is 0 Å². The fourth-order valence-electron chi connectivity index (χ4n) is 7.48. The van der Waals surface area contributed by atoms with Crippen LogP contribution in [0.3, 0.4) is 0 Å². The van der Waals surface area contributed by atoms with Gasteiger partial charge in [-0.15, -0.1) is 0 Å². The number of rotatable bonds is 4. The number of carbonyl (C=O) groups is 2. The summed E-state index contributed by atoms with van der Waals surface area (Å²) in [5, 5.41) is 0.165. The Labute approximate surface area is 196 Å². The van der Waals surface area contributed by atoms with E-state index in [0.29, 0.717) is 23.5 Å². The Bertz CT molecular complexity index is 822. The average Bonchev–Trinajstić information content (AvgIpc) is 3.00. The van der Waals surface area contributed by atoms with Crippen molar-refractivity contribution in [2.45, 2.75) is 111 Å². The van der Waals surface area contributed by atoms with Gasteiger partial charge < -0.3 is 9.16 Å². The molecule has 32 heavy (non-hydrogen) atoms. The molecule has 5 heteroatoms. The van der Waals surface area contributed by atoms with Crippen molar-refractivity contribution in [3.05, 3.63) is 11.3 Å². The molecule has 5 atom stereocenters. The van der Waals surface area contributed by atoms with Crippen molar-refractivity contribution in [3.8, 4) is 0 Å². The fourth-order valence-corrected chi connectivity index (χ4v) is 8.53. The molecule has 0 N–H and O–H groups in total. The van der Waals surface area contributed by atoms with Crippen LogP contribution in [0.2, 0.25) is 18.1 Å². The lowest BCUT2D eigenvalue weighted by Gasteiger charge is -2.59. The summed E-state index contributed by atoms with van der Waals surface area (Å²) in [6, 6.07) is 0. The van der Waals surface area contributed by atoms with E-state index in [9.17, 15) is 9.59 Å². The van der Waals surface area contributed by atoms with Gasteiger partial charge in [0.05, 0.1) is 0 Å². The molecular formula is C27H44O4Si. The maximum atomic E-state index is 12.8. The summed E-state index contributed by atoms with van der Waals surface area (Å²) in [5.41, 5.74) is 1.23. The minimum absolute atomic E-state index is 0.0333. The smallest absolute Gasteiger partial charge is 0.307 e. The highest BCUT2D eigenvalue weighted by Gasteiger charge is 2.61. The number of esters is 1. The van der Waals surface area contributed by atoms with Gasteiger partial charge in [-0.05, 0) is 86.4 Å². The van der Waals surface area contributed by atoms with E-state index in [1.807, 2.05) is 0 Å². The standard InChI is InChI=1S/C27H44O4Si/c1-18(28)31-23-9-8-15-27(17-30-32(6,7)25(2,3)4)21-14-16-26(5)20(12-13-24(26)29)19(21)10-11-22(23)27/h19-21H,8-17H2,1-7H3/t19-,20-,21-,26-,27-/m0/s1. The lowest BCUT2D eigenvalue weighted by atomic mass is 9.47. The summed E-state index contributed by atoms with van der Waals surface area (Å²) in [4.78, 5) is 24.8. The molecule has 180 valence electrons. The summed E-state index contributed by atoms with van der Waals surface area (Å²) >= 11 is 0. The van der Waals surface area contributed by atoms with Crippen molar-refractivity contribution in [1.29, 1.82) is 0 Å². The van der Waals surface area contributed by atoms with E-state index in [1.54, 1.807) is 0 Å². The van der Waals surface area contributed by atoms with Gasteiger partial charge in [-0.25, -0.2) is 0 Å². The highest BCUT2D eigenvalue weighted by molar-refractivity contribution is 6.74. The van der Waals surface area contributed by atoms with Gasteiger partial charge in [0.2, 0.25) is 0 Å². The van der Waals surface area contributed by atoms with Gasteiger partial charge in [0.1, 0.15) is 11.5 Å². The van der Waals surface area contributed by atoms with Crippen LogP contribution in [0.15, 0.2) is 11.3 Å². The van der Waals surface area contributed by atoms with Gasteiger partial charge in [-0.1, -0.05) is 27.7 Å². The summed E-state index contributed by atoms with van der Waals surface area (Å²) in [6.07, 6.45) is 9.10. The van der Waals surface area contributed by atoms with Crippen LogP contribution < -0.4 is 0 Å². The molecule has 0 amide bonds. The first-order valence-corrected chi connectivity index (χ1v) is 15.8. The van der Waals surface area contributed by atoms with Gasteiger partial charge >= 0.3 is 5.97 Å². The monoisotopic (exact) mass is 460 g/mol. The van der Waals surface area contributed by atoms with E-state index in [1.165, 1.54) is 12.5 Å². The molecule has 4 rings (SSSR count). The summed E-state index contributed by atoms with van der Waals surface area (Å²) in [5.74, 6) is 2.87. The lowest BCUT2D eigenvalue weighted by molar-refractivity contribution is -0.139. The molecule has 0 unspecified atom stereocenters. The van der Waals surface area contributed by atoms with Crippen molar-refractivity contribution in [2.24, 2.45) is 28.6 Å². The van der Waals surface area contributed by atoms with Crippen LogP contribution in [-0.4, -0.2) is 26.7 Å². The number of ether oxygens (including phenoxy) is 1. The zero-order valence-electron chi connectivity index (χ0n) is 21.4. The van der Waals surface area contributed by atoms with Crippen molar-refractivity contribution in [2.75, 3.05) is 6.61 Å². The maximum Gasteiger partial charge on any atom is 0.307 e. The molecule has 4 aliphatic rings. The molecule has 3 saturated carbocycles. The number of hydrogen-bond donors (Lipinski definition) is 0. The highest BCUT2D eigenvalue weighted by Crippen LogP contribution is 2.65. The van der Waals surface area contributed by atoms with Crippen molar-refractivity contribution >= 4 is 20.1 Å². The van der Waals surface area contributed by atoms with E-state index in [-0.39, 0.29) is 21.8 Å². The third-order valence-electron chi connectivity index (χ3n) is 10.3. The number of ketones is 1. The molecule has 3 fully saturated rings. The fraction of sp³-hybridized carbons (Fsp3) is 0.852. The van der Waals surface area contributed by atoms with Gasteiger partial charge in [0.15, 0.2) is 8.32 Å². The average molecular weight is 461 g/mol. The molecule has 0 aliphatic heterocycles. The van der Waals surface area contributed by atoms with Crippen LogP contribution in [0.25, 0.3) is 0 Å². The quantitative estimate of drug-likeness (QED) is 0.342. The number of allylic oxidation sites excluding steroid dienone is 1. The molecule has 4 aliphatic carbocycles. The first kappa shape index (κ1) is 24.2. The van der Waals surface area contributed by atoms with Crippen LogP contribution in [0.1, 0.15) is 92.4 Å². The highest BCUT2D eigenvalue weighted by atomic mass is 28.4. The molecule has 0 bridgehead atoms. The Hall–Kier alpha value is -0.943. The SMILES string of the molecule is CC(=O)OC1=C2CC[C@@H]3[C@H](CC[C@]4(C)C(=O)CC[C@@H]34)[C@@]2(CO[Si](C)(C)C(C)(C)C)CCC1. The molecule has 4 nitrogen and oxygen atoms in total. The second-order valence-electron chi connectivity index (χ2n) is 12.9. The number of carbonyl (C=O) groups excluding carboxylic acids is 2. The Balaban J connectivity index is 1.73. The van der Waals surface area contributed by atoms with E-state index < -0.39 is 8.32 Å². The normalized spacial score (nSPS) is 37.6. The number of hydrogen-bond acceptors (Lipinski definition) is 4. The second kappa shape index (κ2) is 8.08. The van der Waals surface area contributed by atoms with Gasteiger partial charge in [0, 0.05) is 37.2 Å². The molecule has 0 radical (unpaired) electrons. The topological polar surface area (TPSA) is 52.6 Å². The molecule has 0 heterocycles. The predicted molar refractivity (Wildman–Crippen MR) is 130 cm³/mol. The summed E-state index contributed by atoms with van der Waals surface area (Å²) < 4.78 is 12.8. The molecule has 0 aromatic rings. The third kappa shape index (κ3) is 3.75. The van der Waals surface area contributed by atoms with Gasteiger partial charge in [0.25, 0.3) is 0 Å². The molecule has 0 aromatic carbocycles. The number of Topliss-reactive ketones (excluding diaryl/α,β-unsaturated/α-hetero) is 1. The third-order valence-corrected chi connectivity index (χ3v) is 14.8. The molecule has 0 aromatic heterocycles. The van der Waals surface area contributed by atoms with Gasteiger partial charge in [-0.2, -0.15) is 0 Å². The molecule has 0 saturated heterocycles. The Morgan fingerprint density at radius 2 is 1.78 bits per heavy atom. The molecule has 0 spiro atoms. The zero-order valence-corrected chi connectivity index (χ0v) is 22.4. The minimum atomic E-state index is -1.92. The largest absolute Gasteiger partial charge is 0.431 e. The van der Waals surface area contributed by atoms with Crippen LogP contribution in [0.4, 0.5) is 0 Å². The van der Waals surface area contributed by atoms with Crippen molar-refractivity contribution in [3.63, 3.8) is 0 Å². The van der Waals surface area contributed by atoms with Crippen LogP contribution in [0.5, 0.6) is 0 Å².